The van der Waals surface area contributed by atoms with E-state index in [4.69, 9.17) is 0 Å². The number of hydrogen-bond donors (Lipinski definition) is 1. The second-order valence-corrected chi connectivity index (χ2v) is 8.33. The molecule has 0 bridgehead atoms. The van der Waals surface area contributed by atoms with Gasteiger partial charge < -0.3 is 5.32 Å². The van der Waals surface area contributed by atoms with Crippen molar-refractivity contribution in [1.82, 2.24) is 5.32 Å². The van der Waals surface area contributed by atoms with E-state index in [-0.39, 0.29) is 0 Å². The molecule has 1 aromatic rings. The first-order chi connectivity index (χ1) is 9.72. The molecule has 20 heavy (non-hydrogen) atoms. The summed E-state index contributed by atoms with van der Waals surface area (Å²) in [6, 6.07) is 9.72. The third-order valence-corrected chi connectivity index (χ3v) is 6.53. The van der Waals surface area contributed by atoms with Gasteiger partial charge in [-0.1, -0.05) is 47.0 Å². The van der Waals surface area contributed by atoms with Crippen molar-refractivity contribution in [3.8, 4) is 0 Å². The van der Waals surface area contributed by atoms with Crippen molar-refractivity contribution in [2.75, 3.05) is 6.54 Å². The molecular weight excluding hydrogens is 310 g/mol. The summed E-state index contributed by atoms with van der Waals surface area (Å²) in [5.74, 6) is 0. The highest BCUT2D eigenvalue weighted by molar-refractivity contribution is 9.10. The van der Waals surface area contributed by atoms with E-state index in [1.54, 1.807) is 5.56 Å². The normalized spacial score (nSPS) is 26.6. The molecule has 3 aliphatic carbocycles. The molecule has 0 unspecified atom stereocenters. The minimum atomic E-state index is 0.396. The first kappa shape index (κ1) is 13.3. The Morgan fingerprint density at radius 1 is 1.10 bits per heavy atom. The lowest BCUT2D eigenvalue weighted by Crippen LogP contribution is -2.54. The summed E-state index contributed by atoms with van der Waals surface area (Å²) in [7, 11) is 0. The van der Waals surface area contributed by atoms with Crippen LogP contribution < -0.4 is 5.32 Å². The van der Waals surface area contributed by atoms with Crippen molar-refractivity contribution in [3.63, 3.8) is 0 Å². The van der Waals surface area contributed by atoms with E-state index in [2.05, 4.69) is 45.5 Å². The van der Waals surface area contributed by atoms with E-state index in [1.165, 1.54) is 62.4 Å². The summed E-state index contributed by atoms with van der Waals surface area (Å²) in [6.07, 6.45) is 11.5. The van der Waals surface area contributed by atoms with Crippen LogP contribution in [-0.4, -0.2) is 12.6 Å². The number of rotatable bonds is 4. The van der Waals surface area contributed by atoms with Crippen LogP contribution in [0.4, 0.5) is 0 Å². The Kier molecular flexibility index (Phi) is 3.23. The van der Waals surface area contributed by atoms with Gasteiger partial charge in [0.25, 0.3) is 0 Å². The topological polar surface area (TPSA) is 12.0 Å². The Morgan fingerprint density at radius 2 is 1.80 bits per heavy atom. The largest absolute Gasteiger partial charge is 0.313 e. The lowest BCUT2D eigenvalue weighted by molar-refractivity contribution is 0.0262. The molecule has 0 atom stereocenters. The van der Waals surface area contributed by atoms with Crippen LogP contribution in [0.1, 0.15) is 56.9 Å². The second kappa shape index (κ2) is 4.84. The molecule has 1 N–H and O–H groups in total. The number of nitrogens with one attached hydrogen (secondary N) is 1. The smallest absolute Gasteiger partial charge is 0.0213 e. The fraction of sp³-hybridized carbons (Fsp3) is 0.667. The number of halogens is 1. The molecule has 2 heteroatoms. The Labute approximate surface area is 130 Å². The molecule has 3 fully saturated rings. The maximum atomic E-state index is 3.81. The molecule has 0 amide bonds. The lowest BCUT2D eigenvalue weighted by Gasteiger charge is -2.56. The highest BCUT2D eigenvalue weighted by Gasteiger charge is 2.56. The van der Waals surface area contributed by atoms with Crippen LogP contribution in [0.3, 0.4) is 0 Å². The molecule has 4 rings (SSSR count). The maximum Gasteiger partial charge on any atom is 0.0213 e. The monoisotopic (exact) mass is 333 g/mol. The van der Waals surface area contributed by atoms with Crippen LogP contribution in [-0.2, 0) is 5.41 Å². The Bertz CT molecular complexity index is 492. The lowest BCUT2D eigenvalue weighted by atomic mass is 9.49. The van der Waals surface area contributed by atoms with Gasteiger partial charge in [-0.3, -0.25) is 0 Å². The third-order valence-electron chi connectivity index (χ3n) is 5.84. The highest BCUT2D eigenvalue weighted by Crippen LogP contribution is 2.63. The van der Waals surface area contributed by atoms with Crippen LogP contribution >= 0.6 is 15.9 Å². The second-order valence-electron chi connectivity index (χ2n) is 7.48. The minimum absolute atomic E-state index is 0.396. The maximum absolute atomic E-state index is 3.81. The van der Waals surface area contributed by atoms with E-state index >= 15 is 0 Å². The van der Waals surface area contributed by atoms with Crippen LogP contribution in [0.15, 0.2) is 28.7 Å². The third kappa shape index (κ3) is 2.25. The molecule has 0 radical (unpaired) electrons. The Morgan fingerprint density at radius 3 is 2.45 bits per heavy atom. The molecule has 0 aromatic heterocycles. The molecule has 1 aromatic carbocycles. The van der Waals surface area contributed by atoms with Gasteiger partial charge in [0.05, 0.1) is 0 Å². The van der Waals surface area contributed by atoms with Crippen molar-refractivity contribution >= 4 is 15.9 Å². The van der Waals surface area contributed by atoms with Crippen LogP contribution in [0.2, 0.25) is 0 Å². The van der Waals surface area contributed by atoms with Gasteiger partial charge in [-0.05, 0) is 55.6 Å². The predicted molar refractivity (Wildman–Crippen MR) is 87.0 cm³/mol. The zero-order chi connectivity index (χ0) is 13.6. The Balaban J connectivity index is 1.58. The predicted octanol–water partition coefficient (Wildman–Crippen LogP) is 4.79. The van der Waals surface area contributed by atoms with Crippen molar-refractivity contribution in [1.29, 1.82) is 0 Å². The van der Waals surface area contributed by atoms with E-state index < -0.39 is 0 Å². The van der Waals surface area contributed by atoms with Crippen molar-refractivity contribution in [2.45, 2.75) is 62.8 Å². The summed E-state index contributed by atoms with van der Waals surface area (Å²) in [5.41, 5.74) is 2.64. The molecule has 1 spiro atoms. The molecule has 0 aliphatic heterocycles. The average Bonchev–Trinajstić information content (AvgIpc) is 3.12. The highest BCUT2D eigenvalue weighted by atomic mass is 79.9. The summed E-state index contributed by atoms with van der Waals surface area (Å²) in [4.78, 5) is 0. The van der Waals surface area contributed by atoms with Gasteiger partial charge in [-0.15, -0.1) is 0 Å². The first-order valence-corrected chi connectivity index (χ1v) is 8.99. The quantitative estimate of drug-likeness (QED) is 0.834. The SMILES string of the molecule is Brc1ccccc1C1(CNC2CC2)CC2(CCCC2)C1. The average molecular weight is 334 g/mol. The van der Waals surface area contributed by atoms with Crippen molar-refractivity contribution in [3.05, 3.63) is 34.3 Å². The molecule has 0 heterocycles. The van der Waals surface area contributed by atoms with Crippen LogP contribution in [0, 0.1) is 5.41 Å². The summed E-state index contributed by atoms with van der Waals surface area (Å²) in [6.45, 7) is 1.18. The summed E-state index contributed by atoms with van der Waals surface area (Å²) in [5, 5.41) is 3.81. The fourth-order valence-corrected chi connectivity index (χ4v) is 5.50. The van der Waals surface area contributed by atoms with Gasteiger partial charge in [0.2, 0.25) is 0 Å². The van der Waals surface area contributed by atoms with E-state index in [0.29, 0.717) is 10.8 Å². The molecule has 3 aliphatic rings. The standard InChI is InChI=1S/C18H24BrN/c19-16-6-2-1-5-15(16)18(13-20-14-7-8-14)11-17(12-18)9-3-4-10-17/h1-2,5-6,14,20H,3-4,7-13H2. The van der Waals surface area contributed by atoms with E-state index in [9.17, 15) is 0 Å². The van der Waals surface area contributed by atoms with E-state index in [1.807, 2.05) is 0 Å². The van der Waals surface area contributed by atoms with Crippen molar-refractivity contribution in [2.24, 2.45) is 5.41 Å². The van der Waals surface area contributed by atoms with Crippen LogP contribution in [0.5, 0.6) is 0 Å². The minimum Gasteiger partial charge on any atom is -0.313 e. The van der Waals surface area contributed by atoms with Crippen LogP contribution in [0.25, 0.3) is 0 Å². The number of benzene rings is 1. The van der Waals surface area contributed by atoms with Gasteiger partial charge in [0.15, 0.2) is 0 Å². The zero-order valence-electron chi connectivity index (χ0n) is 12.1. The zero-order valence-corrected chi connectivity index (χ0v) is 13.7. The molecule has 0 saturated heterocycles. The van der Waals surface area contributed by atoms with Gasteiger partial charge in [0.1, 0.15) is 0 Å². The summed E-state index contributed by atoms with van der Waals surface area (Å²) >= 11 is 3.80. The number of hydrogen-bond acceptors (Lipinski definition) is 1. The molecular formula is C18H24BrN. The van der Waals surface area contributed by atoms with Crippen molar-refractivity contribution < 1.29 is 0 Å². The molecule has 3 saturated carbocycles. The van der Waals surface area contributed by atoms with Gasteiger partial charge in [-0.2, -0.15) is 0 Å². The fourth-order valence-electron chi connectivity index (χ4n) is 4.79. The Hall–Kier alpha value is -0.340. The molecule has 1 nitrogen and oxygen atoms in total. The molecule has 108 valence electrons. The summed E-state index contributed by atoms with van der Waals surface area (Å²) < 4.78 is 1.31. The van der Waals surface area contributed by atoms with Gasteiger partial charge >= 0.3 is 0 Å². The van der Waals surface area contributed by atoms with Gasteiger partial charge in [0, 0.05) is 22.5 Å². The van der Waals surface area contributed by atoms with Gasteiger partial charge in [-0.25, -0.2) is 0 Å². The first-order valence-electron chi connectivity index (χ1n) is 8.20. The van der Waals surface area contributed by atoms with E-state index in [0.717, 1.165) is 6.04 Å².